The number of hydrogen-bond donors (Lipinski definition) is 1. The molecule has 1 aliphatic carbocycles. The van der Waals surface area contributed by atoms with E-state index in [1.54, 1.807) is 13.2 Å². The molecular formula is C19H21N5O3. The van der Waals surface area contributed by atoms with Gasteiger partial charge in [-0.2, -0.15) is 10.2 Å². The van der Waals surface area contributed by atoms with E-state index in [1.807, 2.05) is 24.3 Å². The highest BCUT2D eigenvalue weighted by Crippen LogP contribution is 2.21. The first-order valence-electron chi connectivity index (χ1n) is 9.03. The molecular weight excluding hydrogens is 346 g/mol. The highest BCUT2D eigenvalue weighted by atomic mass is 16.5. The summed E-state index contributed by atoms with van der Waals surface area (Å²) in [4.78, 5) is 24.9. The number of methoxy groups -OCH3 is 1. The molecule has 1 fully saturated rings. The topological polar surface area (TPSA) is 90.5 Å². The molecule has 4 rings (SSSR count). The maximum absolute atomic E-state index is 12.7. The smallest absolute Gasteiger partial charge is 0.293 e. The quantitative estimate of drug-likeness (QED) is 0.740. The standard InChI is InChI=1S/C19H21N5O3/c1-27-15-8-6-13(7-9-15)16-10-17-19(26)23(20-12-24(17)22-16)11-18(25)21-14-4-2-3-5-14/h6-10,12,14H,2-5,11H2,1H3,(H,21,25). The minimum Gasteiger partial charge on any atom is -0.497 e. The average molecular weight is 367 g/mol. The number of carbonyl (C=O) groups excluding carboxylic acids is 1. The van der Waals surface area contributed by atoms with E-state index in [0.717, 1.165) is 37.0 Å². The summed E-state index contributed by atoms with van der Waals surface area (Å²) in [6, 6.07) is 9.35. The lowest BCUT2D eigenvalue weighted by molar-refractivity contribution is -0.122. The van der Waals surface area contributed by atoms with Crippen molar-refractivity contribution >= 4 is 11.4 Å². The highest BCUT2D eigenvalue weighted by molar-refractivity contribution is 5.76. The van der Waals surface area contributed by atoms with Crippen LogP contribution in [-0.4, -0.2) is 38.5 Å². The van der Waals surface area contributed by atoms with E-state index in [4.69, 9.17) is 4.74 Å². The lowest BCUT2D eigenvalue weighted by Gasteiger charge is -2.12. The number of rotatable bonds is 5. The van der Waals surface area contributed by atoms with E-state index < -0.39 is 0 Å². The normalized spacial score (nSPS) is 14.6. The third kappa shape index (κ3) is 3.55. The maximum Gasteiger partial charge on any atom is 0.293 e. The molecule has 27 heavy (non-hydrogen) atoms. The van der Waals surface area contributed by atoms with E-state index in [0.29, 0.717) is 11.2 Å². The Balaban J connectivity index is 1.57. The van der Waals surface area contributed by atoms with E-state index in [-0.39, 0.29) is 24.1 Å². The van der Waals surface area contributed by atoms with Crippen LogP contribution in [0.5, 0.6) is 5.75 Å². The predicted octanol–water partition coefficient (Wildman–Crippen LogP) is 1.63. The molecule has 2 aromatic heterocycles. The van der Waals surface area contributed by atoms with Gasteiger partial charge in [-0.1, -0.05) is 12.8 Å². The third-order valence-corrected chi connectivity index (χ3v) is 4.89. The fourth-order valence-corrected chi connectivity index (χ4v) is 3.43. The summed E-state index contributed by atoms with van der Waals surface area (Å²) in [6.07, 6.45) is 5.73. The van der Waals surface area contributed by atoms with Crippen LogP contribution in [0.2, 0.25) is 0 Å². The van der Waals surface area contributed by atoms with Gasteiger partial charge >= 0.3 is 0 Å². The van der Waals surface area contributed by atoms with Crippen LogP contribution in [0.15, 0.2) is 41.5 Å². The van der Waals surface area contributed by atoms with Crippen molar-refractivity contribution in [3.63, 3.8) is 0 Å². The molecule has 0 atom stereocenters. The van der Waals surface area contributed by atoms with Gasteiger partial charge in [-0.15, -0.1) is 0 Å². The van der Waals surface area contributed by atoms with Gasteiger partial charge in [0, 0.05) is 11.6 Å². The summed E-state index contributed by atoms with van der Waals surface area (Å²) in [5.74, 6) is 0.565. The molecule has 0 bridgehead atoms. The number of carbonyl (C=O) groups is 1. The molecule has 1 N–H and O–H groups in total. The number of nitrogens with zero attached hydrogens (tertiary/aromatic N) is 4. The van der Waals surface area contributed by atoms with Gasteiger partial charge < -0.3 is 10.1 Å². The highest BCUT2D eigenvalue weighted by Gasteiger charge is 2.18. The fourth-order valence-electron chi connectivity index (χ4n) is 3.43. The number of aromatic nitrogens is 4. The van der Waals surface area contributed by atoms with Gasteiger partial charge in [0.05, 0.1) is 12.8 Å². The molecule has 0 spiro atoms. The molecule has 1 amide bonds. The molecule has 3 aromatic rings. The van der Waals surface area contributed by atoms with Crippen LogP contribution in [0.1, 0.15) is 25.7 Å². The minimum atomic E-state index is -0.341. The van der Waals surface area contributed by atoms with Crippen LogP contribution < -0.4 is 15.6 Å². The number of ether oxygens (including phenoxy) is 1. The lowest BCUT2D eigenvalue weighted by Crippen LogP contribution is -2.38. The summed E-state index contributed by atoms with van der Waals surface area (Å²) in [5, 5.41) is 11.5. The first-order valence-corrected chi connectivity index (χ1v) is 9.03. The molecule has 140 valence electrons. The number of hydrogen-bond acceptors (Lipinski definition) is 5. The number of fused-ring (bicyclic) bond motifs is 1. The summed E-state index contributed by atoms with van der Waals surface area (Å²) < 4.78 is 7.77. The van der Waals surface area contributed by atoms with Gasteiger partial charge in [-0.25, -0.2) is 9.20 Å². The van der Waals surface area contributed by atoms with Crippen molar-refractivity contribution in [3.8, 4) is 17.0 Å². The molecule has 1 aromatic carbocycles. The Bertz CT molecular complexity index is 1020. The van der Waals surface area contributed by atoms with Crippen LogP contribution in [0.25, 0.3) is 16.8 Å². The number of amides is 1. The van der Waals surface area contributed by atoms with Gasteiger partial charge in [0.15, 0.2) is 0 Å². The first-order chi connectivity index (χ1) is 13.1. The van der Waals surface area contributed by atoms with Gasteiger partial charge in [0.2, 0.25) is 5.91 Å². The van der Waals surface area contributed by atoms with Crippen molar-refractivity contribution in [1.82, 2.24) is 24.7 Å². The zero-order chi connectivity index (χ0) is 18.8. The van der Waals surface area contributed by atoms with Crippen LogP contribution in [0.3, 0.4) is 0 Å². The Labute approximate surface area is 155 Å². The zero-order valence-electron chi connectivity index (χ0n) is 15.1. The Hall–Kier alpha value is -3.16. The van der Waals surface area contributed by atoms with Crippen molar-refractivity contribution in [1.29, 1.82) is 0 Å². The molecule has 1 saturated carbocycles. The van der Waals surface area contributed by atoms with Gasteiger partial charge in [0.25, 0.3) is 5.56 Å². The van der Waals surface area contributed by atoms with Gasteiger partial charge in [-0.3, -0.25) is 9.59 Å². The van der Waals surface area contributed by atoms with Crippen molar-refractivity contribution in [2.75, 3.05) is 7.11 Å². The molecule has 0 saturated heterocycles. The predicted molar refractivity (Wildman–Crippen MR) is 99.6 cm³/mol. The van der Waals surface area contributed by atoms with Crippen LogP contribution in [0.4, 0.5) is 0 Å². The SMILES string of the molecule is COc1ccc(-c2cc3c(=O)n(CC(=O)NC4CCCC4)ncn3n2)cc1. The van der Waals surface area contributed by atoms with E-state index in [9.17, 15) is 9.59 Å². The molecule has 8 nitrogen and oxygen atoms in total. The summed E-state index contributed by atoms with van der Waals surface area (Å²) in [6.45, 7) is -0.0884. The van der Waals surface area contributed by atoms with Crippen molar-refractivity contribution in [2.24, 2.45) is 0 Å². The Morgan fingerprint density at radius 3 is 2.70 bits per heavy atom. The largest absolute Gasteiger partial charge is 0.497 e. The summed E-state index contributed by atoms with van der Waals surface area (Å²) in [5.41, 5.74) is 1.56. The molecule has 0 unspecified atom stereocenters. The Kier molecular flexibility index (Phi) is 4.62. The Morgan fingerprint density at radius 1 is 1.26 bits per heavy atom. The molecule has 2 heterocycles. The average Bonchev–Trinajstić information content (AvgIpc) is 3.34. The lowest BCUT2D eigenvalue weighted by atomic mass is 10.1. The van der Waals surface area contributed by atoms with Crippen LogP contribution >= 0.6 is 0 Å². The first kappa shape index (κ1) is 17.3. The van der Waals surface area contributed by atoms with Gasteiger partial charge in [-0.05, 0) is 43.2 Å². The second kappa shape index (κ2) is 7.22. The maximum atomic E-state index is 12.7. The molecule has 0 aliphatic heterocycles. The van der Waals surface area contributed by atoms with Crippen molar-refractivity contribution in [2.45, 2.75) is 38.3 Å². The third-order valence-electron chi connectivity index (χ3n) is 4.89. The van der Waals surface area contributed by atoms with Gasteiger partial charge in [0.1, 0.15) is 24.1 Å². The van der Waals surface area contributed by atoms with E-state index in [2.05, 4.69) is 15.5 Å². The second-order valence-corrected chi connectivity index (χ2v) is 6.73. The monoisotopic (exact) mass is 367 g/mol. The Morgan fingerprint density at radius 2 is 2.00 bits per heavy atom. The second-order valence-electron chi connectivity index (χ2n) is 6.73. The molecule has 0 radical (unpaired) electrons. The summed E-state index contributed by atoms with van der Waals surface area (Å²) >= 11 is 0. The number of benzene rings is 1. The molecule has 1 aliphatic rings. The van der Waals surface area contributed by atoms with Crippen LogP contribution in [-0.2, 0) is 11.3 Å². The van der Waals surface area contributed by atoms with E-state index in [1.165, 1.54) is 15.5 Å². The minimum absolute atomic E-state index is 0.0884. The van der Waals surface area contributed by atoms with Crippen molar-refractivity contribution in [3.05, 3.63) is 47.0 Å². The van der Waals surface area contributed by atoms with Crippen molar-refractivity contribution < 1.29 is 9.53 Å². The summed E-state index contributed by atoms with van der Waals surface area (Å²) in [7, 11) is 1.61. The molecule has 8 heteroatoms. The van der Waals surface area contributed by atoms with E-state index >= 15 is 0 Å². The van der Waals surface area contributed by atoms with Crippen LogP contribution in [0, 0.1) is 0 Å². The number of nitrogens with one attached hydrogen (secondary N) is 1. The zero-order valence-corrected chi connectivity index (χ0v) is 15.1. The fraction of sp³-hybridized carbons (Fsp3) is 0.368.